The summed E-state index contributed by atoms with van der Waals surface area (Å²) < 4.78 is 1.26. The molecule has 0 atom stereocenters. The number of aliphatic imine (C=N–C) groups is 1. The van der Waals surface area contributed by atoms with Gasteiger partial charge < -0.3 is 15.7 Å². The Hall–Kier alpha value is -3.78. The van der Waals surface area contributed by atoms with Gasteiger partial charge in [-0.2, -0.15) is 5.10 Å². The van der Waals surface area contributed by atoms with Crippen LogP contribution in [0.2, 0.25) is 0 Å². The predicted octanol–water partition coefficient (Wildman–Crippen LogP) is 3.79. The van der Waals surface area contributed by atoms with Crippen LogP contribution in [0.1, 0.15) is 44.2 Å². The Morgan fingerprint density at radius 2 is 1.89 bits per heavy atom. The summed E-state index contributed by atoms with van der Waals surface area (Å²) in [4.78, 5) is 32.5. The van der Waals surface area contributed by atoms with Crippen LogP contribution >= 0.6 is 0 Å². The Morgan fingerprint density at radius 1 is 1.14 bits per heavy atom. The maximum Gasteiger partial charge on any atom is 0.274 e. The fraction of sp³-hybridized carbons (Fsp3) is 0.357. The van der Waals surface area contributed by atoms with Crippen molar-refractivity contribution >= 4 is 34.3 Å². The highest BCUT2D eigenvalue weighted by Crippen LogP contribution is 2.35. The van der Waals surface area contributed by atoms with E-state index in [0.29, 0.717) is 36.3 Å². The third kappa shape index (κ3) is 5.09. The molecule has 2 heterocycles. The molecular weight excluding hydrogens is 454 g/mol. The van der Waals surface area contributed by atoms with Gasteiger partial charge in [-0.3, -0.25) is 9.59 Å². The summed E-state index contributed by atoms with van der Waals surface area (Å²) in [5, 5.41) is 14.6. The molecule has 3 aromatic rings. The van der Waals surface area contributed by atoms with Gasteiger partial charge in [-0.05, 0) is 60.7 Å². The zero-order valence-corrected chi connectivity index (χ0v) is 21.1. The van der Waals surface area contributed by atoms with E-state index in [-0.39, 0.29) is 24.6 Å². The molecule has 0 saturated carbocycles. The van der Waals surface area contributed by atoms with Crippen molar-refractivity contribution in [3.8, 4) is 11.1 Å². The van der Waals surface area contributed by atoms with E-state index in [1.807, 2.05) is 36.1 Å². The molecule has 0 aliphatic carbocycles. The number of hydrogen-bond acceptors (Lipinski definition) is 6. The molecule has 188 valence electrons. The second kappa shape index (κ2) is 10.9. The molecule has 4 rings (SSSR count). The van der Waals surface area contributed by atoms with Gasteiger partial charge in [0.2, 0.25) is 5.91 Å². The first-order valence-electron chi connectivity index (χ1n) is 12.4. The quantitative estimate of drug-likeness (QED) is 0.502. The number of carbonyl (C=O) groups excluding carboxylic acids is 1. The normalized spacial score (nSPS) is 13.1. The van der Waals surface area contributed by atoms with Crippen LogP contribution in [-0.4, -0.2) is 51.2 Å². The Balaban J connectivity index is 1.75. The first-order chi connectivity index (χ1) is 17.4. The van der Waals surface area contributed by atoms with Crippen LogP contribution in [0.4, 0.5) is 5.69 Å². The predicted molar refractivity (Wildman–Crippen MR) is 144 cm³/mol. The van der Waals surface area contributed by atoms with Gasteiger partial charge in [0.1, 0.15) is 5.84 Å². The van der Waals surface area contributed by atoms with Crippen molar-refractivity contribution < 1.29 is 9.90 Å². The van der Waals surface area contributed by atoms with Gasteiger partial charge in [-0.15, -0.1) is 0 Å². The number of hydrogen-bond donors (Lipinski definition) is 2. The third-order valence-electron chi connectivity index (χ3n) is 6.37. The summed E-state index contributed by atoms with van der Waals surface area (Å²) in [5.74, 6) is 0.423. The molecule has 0 spiro atoms. The van der Waals surface area contributed by atoms with Crippen LogP contribution in [0.3, 0.4) is 0 Å². The molecule has 0 unspecified atom stereocenters. The van der Waals surface area contributed by atoms with E-state index in [0.717, 1.165) is 46.2 Å². The maximum atomic E-state index is 13.3. The largest absolute Gasteiger partial charge is 0.394 e. The molecule has 8 nitrogen and oxygen atoms in total. The average Bonchev–Trinajstić information content (AvgIpc) is 3.03. The monoisotopic (exact) mass is 487 g/mol. The minimum atomic E-state index is -0.230. The van der Waals surface area contributed by atoms with Gasteiger partial charge >= 0.3 is 0 Å². The Bertz CT molecular complexity index is 1410. The SMILES string of the molecule is CCCN(CCC)C(=O)C1=Cc2c(C)cc(-c3ccc4c(=O)n(CCO)ncc4c3)cc2N=C(N)C1. The van der Waals surface area contributed by atoms with E-state index in [2.05, 4.69) is 30.0 Å². The summed E-state index contributed by atoms with van der Waals surface area (Å²) in [7, 11) is 0. The summed E-state index contributed by atoms with van der Waals surface area (Å²) in [5.41, 5.74) is 11.2. The lowest BCUT2D eigenvalue weighted by Crippen LogP contribution is -2.34. The maximum absolute atomic E-state index is 13.3. The lowest BCUT2D eigenvalue weighted by molar-refractivity contribution is -0.127. The number of benzene rings is 2. The van der Waals surface area contributed by atoms with E-state index in [4.69, 9.17) is 10.8 Å². The smallest absolute Gasteiger partial charge is 0.274 e. The highest BCUT2D eigenvalue weighted by Gasteiger charge is 2.22. The molecular formula is C28H33N5O3. The Kier molecular flexibility index (Phi) is 7.64. The summed E-state index contributed by atoms with van der Waals surface area (Å²) in [6.07, 6.45) is 5.69. The number of aliphatic hydroxyl groups is 1. The molecule has 1 amide bonds. The van der Waals surface area contributed by atoms with Crippen molar-refractivity contribution in [3.63, 3.8) is 0 Å². The Labute approximate surface area is 210 Å². The molecule has 1 aromatic heterocycles. The van der Waals surface area contributed by atoms with E-state index < -0.39 is 0 Å². The number of carbonyl (C=O) groups is 1. The molecule has 0 fully saturated rings. The van der Waals surface area contributed by atoms with Crippen LogP contribution < -0.4 is 11.3 Å². The number of nitrogens with two attached hydrogens (primary N) is 1. The number of aliphatic hydroxyl groups excluding tert-OH is 1. The van der Waals surface area contributed by atoms with E-state index in [1.54, 1.807) is 12.3 Å². The molecule has 1 aliphatic heterocycles. The standard InChI is InChI=1S/C28H33N5O3/c1-4-8-32(9-5-2)27(35)21-14-24-18(3)12-20(15-25(24)31-26(29)16-21)19-6-7-23-22(13-19)17-30-33(10-11-34)28(23)36/h6-7,12-15,17,34H,4-5,8-11,16H2,1-3H3,(H2,29,31). The molecule has 36 heavy (non-hydrogen) atoms. The van der Waals surface area contributed by atoms with Gasteiger partial charge in [-0.25, -0.2) is 9.67 Å². The first kappa shape index (κ1) is 25.3. The zero-order chi connectivity index (χ0) is 25.8. The van der Waals surface area contributed by atoms with Gasteiger partial charge in [0.05, 0.1) is 30.4 Å². The van der Waals surface area contributed by atoms with Gasteiger partial charge in [-0.1, -0.05) is 26.0 Å². The number of amides is 1. The molecule has 8 heteroatoms. The fourth-order valence-electron chi connectivity index (χ4n) is 4.66. The van der Waals surface area contributed by atoms with Crippen molar-refractivity contribution in [3.05, 3.63) is 63.6 Å². The van der Waals surface area contributed by atoms with E-state index in [9.17, 15) is 9.59 Å². The second-order valence-corrected chi connectivity index (χ2v) is 9.17. The van der Waals surface area contributed by atoms with Crippen LogP contribution in [0.5, 0.6) is 0 Å². The van der Waals surface area contributed by atoms with Crippen molar-refractivity contribution in [1.82, 2.24) is 14.7 Å². The number of nitrogens with zero attached hydrogens (tertiary/aromatic N) is 4. The van der Waals surface area contributed by atoms with Crippen LogP contribution in [0.25, 0.3) is 28.0 Å². The molecule has 1 aliphatic rings. The number of amidine groups is 1. The minimum absolute atomic E-state index is 0.0158. The number of fused-ring (bicyclic) bond motifs is 2. The summed E-state index contributed by atoms with van der Waals surface area (Å²) >= 11 is 0. The summed E-state index contributed by atoms with van der Waals surface area (Å²) in [6, 6.07) is 9.64. The highest BCUT2D eigenvalue weighted by molar-refractivity contribution is 6.06. The topological polar surface area (TPSA) is 114 Å². The van der Waals surface area contributed by atoms with Crippen molar-refractivity contribution in [1.29, 1.82) is 0 Å². The molecule has 0 radical (unpaired) electrons. The molecule has 0 saturated heterocycles. The highest BCUT2D eigenvalue weighted by atomic mass is 16.3. The summed E-state index contributed by atoms with van der Waals surface area (Å²) in [6.45, 7) is 7.59. The lowest BCUT2D eigenvalue weighted by Gasteiger charge is -2.22. The van der Waals surface area contributed by atoms with Gasteiger partial charge in [0.25, 0.3) is 5.56 Å². The molecule has 3 N–H and O–H groups in total. The van der Waals surface area contributed by atoms with Gasteiger partial charge in [0.15, 0.2) is 0 Å². The zero-order valence-electron chi connectivity index (χ0n) is 21.1. The van der Waals surface area contributed by atoms with Gasteiger partial charge in [0, 0.05) is 36.0 Å². The first-order valence-corrected chi connectivity index (χ1v) is 12.4. The number of aromatic nitrogens is 2. The lowest BCUT2D eigenvalue weighted by atomic mass is 9.95. The van der Waals surface area contributed by atoms with Crippen molar-refractivity contribution in [2.24, 2.45) is 10.7 Å². The van der Waals surface area contributed by atoms with E-state index >= 15 is 0 Å². The number of rotatable bonds is 8. The van der Waals surface area contributed by atoms with Crippen molar-refractivity contribution in [2.75, 3.05) is 19.7 Å². The number of aryl methyl sites for hydroxylation is 1. The fourth-order valence-corrected chi connectivity index (χ4v) is 4.66. The Morgan fingerprint density at radius 3 is 2.58 bits per heavy atom. The average molecular weight is 488 g/mol. The van der Waals surface area contributed by atoms with Crippen LogP contribution in [0, 0.1) is 6.92 Å². The third-order valence-corrected chi connectivity index (χ3v) is 6.37. The van der Waals surface area contributed by atoms with Crippen LogP contribution in [0.15, 0.2) is 51.9 Å². The molecule has 2 aromatic carbocycles. The minimum Gasteiger partial charge on any atom is -0.394 e. The van der Waals surface area contributed by atoms with Crippen LogP contribution in [-0.2, 0) is 11.3 Å². The van der Waals surface area contributed by atoms with Crippen molar-refractivity contribution in [2.45, 2.75) is 46.6 Å². The second-order valence-electron chi connectivity index (χ2n) is 9.17. The molecule has 0 bridgehead atoms. The van der Waals surface area contributed by atoms with E-state index in [1.165, 1.54) is 4.68 Å².